The Bertz CT molecular complexity index is 915. The van der Waals surface area contributed by atoms with Gasteiger partial charge >= 0.3 is 0 Å². The maximum absolute atomic E-state index is 13.9. The molecule has 3 rings (SSSR count). The summed E-state index contributed by atoms with van der Waals surface area (Å²) in [6.45, 7) is 0. The Hall–Kier alpha value is -2.19. The van der Waals surface area contributed by atoms with Gasteiger partial charge in [0.05, 0.1) is 17.0 Å². The van der Waals surface area contributed by atoms with E-state index in [0.717, 1.165) is 4.47 Å². The standard InChI is InChI=1S/C17H14BrFN4OS/c1-23-16(11-6-2-4-8-13(11)19)21-22-17(23)25-10-15(24)20-14-9-5-3-7-12(14)18/h2-9H,10H2,1H3,(H,20,24). The number of para-hydroxylation sites is 1. The van der Waals surface area contributed by atoms with E-state index in [1.165, 1.54) is 17.8 Å². The molecule has 1 aromatic heterocycles. The van der Waals surface area contributed by atoms with Gasteiger partial charge in [0.2, 0.25) is 5.91 Å². The zero-order valence-electron chi connectivity index (χ0n) is 13.2. The van der Waals surface area contributed by atoms with Gasteiger partial charge in [0.15, 0.2) is 11.0 Å². The second kappa shape index (κ2) is 7.79. The molecule has 0 fully saturated rings. The summed E-state index contributed by atoms with van der Waals surface area (Å²) in [7, 11) is 1.75. The predicted molar refractivity (Wildman–Crippen MR) is 99.9 cm³/mol. The minimum Gasteiger partial charge on any atom is -0.324 e. The van der Waals surface area contributed by atoms with Crippen LogP contribution in [0.4, 0.5) is 10.1 Å². The summed E-state index contributed by atoms with van der Waals surface area (Å²) in [5.74, 6) is 0.0743. The summed E-state index contributed by atoms with van der Waals surface area (Å²) in [5.41, 5.74) is 1.08. The van der Waals surface area contributed by atoms with Crippen LogP contribution < -0.4 is 5.32 Å². The van der Waals surface area contributed by atoms with Gasteiger partial charge in [0, 0.05) is 11.5 Å². The van der Waals surface area contributed by atoms with Crippen LogP contribution in [-0.4, -0.2) is 26.4 Å². The van der Waals surface area contributed by atoms with Crippen LogP contribution in [0.25, 0.3) is 11.4 Å². The van der Waals surface area contributed by atoms with Crippen LogP contribution in [0.2, 0.25) is 0 Å². The third kappa shape index (κ3) is 4.08. The zero-order valence-corrected chi connectivity index (χ0v) is 15.6. The third-order valence-corrected chi connectivity index (χ3v) is 5.14. The second-order valence-corrected chi connectivity index (χ2v) is 6.96. The molecule has 0 aliphatic carbocycles. The summed E-state index contributed by atoms with van der Waals surface area (Å²) in [4.78, 5) is 12.1. The van der Waals surface area contributed by atoms with Crippen LogP contribution >= 0.6 is 27.7 Å². The van der Waals surface area contributed by atoms with Crippen molar-refractivity contribution in [2.45, 2.75) is 5.16 Å². The normalized spacial score (nSPS) is 10.7. The molecule has 25 heavy (non-hydrogen) atoms. The van der Waals surface area contributed by atoms with Gasteiger partial charge in [-0.15, -0.1) is 10.2 Å². The number of carbonyl (C=O) groups is 1. The highest BCUT2D eigenvalue weighted by molar-refractivity contribution is 9.10. The first-order valence-electron chi connectivity index (χ1n) is 7.37. The molecule has 128 valence electrons. The SMILES string of the molecule is Cn1c(SCC(=O)Nc2ccccc2Br)nnc1-c1ccccc1F. The first-order valence-corrected chi connectivity index (χ1v) is 9.15. The van der Waals surface area contributed by atoms with Gasteiger partial charge in [0.25, 0.3) is 0 Å². The number of amides is 1. The second-order valence-electron chi connectivity index (χ2n) is 5.16. The number of carbonyl (C=O) groups excluding carboxylic acids is 1. The Kier molecular flexibility index (Phi) is 5.50. The molecule has 0 atom stereocenters. The van der Waals surface area contributed by atoms with E-state index in [0.29, 0.717) is 22.2 Å². The molecule has 5 nitrogen and oxygen atoms in total. The highest BCUT2D eigenvalue weighted by atomic mass is 79.9. The summed E-state index contributed by atoms with van der Waals surface area (Å²) in [6, 6.07) is 13.8. The van der Waals surface area contributed by atoms with E-state index in [2.05, 4.69) is 31.4 Å². The van der Waals surface area contributed by atoms with Crippen molar-refractivity contribution in [1.29, 1.82) is 0 Å². The van der Waals surface area contributed by atoms with Gasteiger partial charge in [-0.2, -0.15) is 0 Å². The van der Waals surface area contributed by atoms with Crippen molar-refractivity contribution < 1.29 is 9.18 Å². The Morgan fingerprint density at radius 1 is 1.20 bits per heavy atom. The van der Waals surface area contributed by atoms with Crippen molar-refractivity contribution in [2.24, 2.45) is 7.05 Å². The molecular weight excluding hydrogens is 407 g/mol. The minimum absolute atomic E-state index is 0.160. The molecule has 1 heterocycles. The Balaban J connectivity index is 1.67. The van der Waals surface area contributed by atoms with Crippen molar-refractivity contribution in [2.75, 3.05) is 11.1 Å². The molecule has 2 aromatic carbocycles. The van der Waals surface area contributed by atoms with Gasteiger partial charge in [-0.25, -0.2) is 4.39 Å². The lowest BCUT2D eigenvalue weighted by atomic mass is 10.2. The molecule has 0 aliphatic heterocycles. The molecule has 3 aromatic rings. The number of thioether (sulfide) groups is 1. The Morgan fingerprint density at radius 3 is 2.68 bits per heavy atom. The number of benzene rings is 2. The number of hydrogen-bond donors (Lipinski definition) is 1. The van der Waals surface area contributed by atoms with Gasteiger partial charge in [0.1, 0.15) is 5.82 Å². The lowest BCUT2D eigenvalue weighted by Gasteiger charge is -2.07. The monoisotopic (exact) mass is 420 g/mol. The predicted octanol–water partition coefficient (Wildman–Crippen LogP) is 4.11. The number of halogens is 2. The van der Waals surface area contributed by atoms with Crippen LogP contribution in [-0.2, 0) is 11.8 Å². The third-order valence-electron chi connectivity index (χ3n) is 3.43. The summed E-state index contributed by atoms with van der Waals surface area (Å²) in [5, 5.41) is 11.5. The topological polar surface area (TPSA) is 59.8 Å². The molecule has 0 aliphatic rings. The number of rotatable bonds is 5. The van der Waals surface area contributed by atoms with Crippen LogP contribution in [0.3, 0.4) is 0 Å². The average Bonchev–Trinajstić information content (AvgIpc) is 2.96. The largest absolute Gasteiger partial charge is 0.324 e. The van der Waals surface area contributed by atoms with Crippen molar-refractivity contribution in [1.82, 2.24) is 14.8 Å². The molecule has 0 bridgehead atoms. The van der Waals surface area contributed by atoms with Gasteiger partial charge in [-0.3, -0.25) is 4.79 Å². The smallest absolute Gasteiger partial charge is 0.234 e. The van der Waals surface area contributed by atoms with Crippen LogP contribution in [0, 0.1) is 5.82 Å². The zero-order chi connectivity index (χ0) is 17.8. The van der Waals surface area contributed by atoms with E-state index in [4.69, 9.17) is 0 Å². The maximum atomic E-state index is 13.9. The quantitative estimate of drug-likeness (QED) is 0.630. The molecule has 1 amide bonds. The maximum Gasteiger partial charge on any atom is 0.234 e. The Morgan fingerprint density at radius 2 is 1.92 bits per heavy atom. The highest BCUT2D eigenvalue weighted by Crippen LogP contribution is 2.25. The fourth-order valence-electron chi connectivity index (χ4n) is 2.20. The van der Waals surface area contributed by atoms with E-state index >= 15 is 0 Å². The van der Waals surface area contributed by atoms with Crippen LogP contribution in [0.1, 0.15) is 0 Å². The molecule has 0 radical (unpaired) electrons. The first-order chi connectivity index (χ1) is 12.1. The Labute approximate surface area is 156 Å². The molecule has 1 N–H and O–H groups in total. The molecule has 0 spiro atoms. The van der Waals surface area contributed by atoms with Crippen molar-refractivity contribution in [3.8, 4) is 11.4 Å². The van der Waals surface area contributed by atoms with Crippen molar-refractivity contribution in [3.63, 3.8) is 0 Å². The van der Waals surface area contributed by atoms with Gasteiger partial charge < -0.3 is 9.88 Å². The molecule has 0 unspecified atom stereocenters. The fraction of sp³-hybridized carbons (Fsp3) is 0.118. The number of hydrogen-bond acceptors (Lipinski definition) is 4. The first kappa shape index (κ1) is 17.6. The molecular formula is C17H14BrFN4OS. The van der Waals surface area contributed by atoms with E-state index in [1.54, 1.807) is 29.8 Å². The lowest BCUT2D eigenvalue weighted by molar-refractivity contribution is -0.113. The minimum atomic E-state index is -0.360. The molecule has 0 saturated heterocycles. The lowest BCUT2D eigenvalue weighted by Crippen LogP contribution is -2.14. The number of anilines is 1. The van der Waals surface area contributed by atoms with E-state index in [1.807, 2.05) is 24.3 Å². The van der Waals surface area contributed by atoms with Crippen molar-refractivity contribution >= 4 is 39.3 Å². The molecule has 8 heteroatoms. The van der Waals surface area contributed by atoms with E-state index < -0.39 is 0 Å². The van der Waals surface area contributed by atoms with Crippen LogP contribution in [0.5, 0.6) is 0 Å². The van der Waals surface area contributed by atoms with E-state index in [9.17, 15) is 9.18 Å². The number of aromatic nitrogens is 3. The molecule has 0 saturated carbocycles. The fourth-order valence-corrected chi connectivity index (χ4v) is 3.29. The van der Waals surface area contributed by atoms with Crippen molar-refractivity contribution in [3.05, 3.63) is 58.8 Å². The summed E-state index contributed by atoms with van der Waals surface area (Å²) >= 11 is 4.63. The number of nitrogens with zero attached hydrogens (tertiary/aromatic N) is 3. The average molecular weight is 421 g/mol. The van der Waals surface area contributed by atoms with E-state index in [-0.39, 0.29) is 17.5 Å². The van der Waals surface area contributed by atoms with Gasteiger partial charge in [-0.05, 0) is 40.2 Å². The van der Waals surface area contributed by atoms with Crippen LogP contribution in [0.15, 0.2) is 58.2 Å². The highest BCUT2D eigenvalue weighted by Gasteiger charge is 2.15. The summed E-state index contributed by atoms with van der Waals surface area (Å²) in [6.07, 6.45) is 0. The number of nitrogens with one attached hydrogen (secondary N) is 1. The van der Waals surface area contributed by atoms with Gasteiger partial charge in [-0.1, -0.05) is 36.0 Å². The summed E-state index contributed by atoms with van der Waals surface area (Å²) < 4.78 is 16.4.